The molecule has 1 nitrogen and oxygen atoms in total. The van der Waals surface area contributed by atoms with E-state index in [0.29, 0.717) is 10.6 Å². The summed E-state index contributed by atoms with van der Waals surface area (Å²) in [7, 11) is 0. The van der Waals surface area contributed by atoms with E-state index in [1.807, 2.05) is 6.08 Å². The molecular weight excluding hydrogens is 263 g/mol. The maximum absolute atomic E-state index is 13.7. The summed E-state index contributed by atoms with van der Waals surface area (Å²) in [5.41, 5.74) is 1.16. The maximum atomic E-state index is 13.7. The van der Waals surface area contributed by atoms with Crippen molar-refractivity contribution in [3.05, 3.63) is 46.3 Å². The zero-order chi connectivity index (χ0) is 13.7. The van der Waals surface area contributed by atoms with Gasteiger partial charge in [0.25, 0.3) is 0 Å². The van der Waals surface area contributed by atoms with Crippen molar-refractivity contribution >= 4 is 17.4 Å². The minimum Gasteiger partial charge on any atom is -0.294 e. The molecule has 0 N–H and O–H groups in total. The van der Waals surface area contributed by atoms with Crippen molar-refractivity contribution < 1.29 is 9.18 Å². The Kier molecular flexibility index (Phi) is 5.15. The molecule has 1 aromatic carbocycles. The van der Waals surface area contributed by atoms with E-state index >= 15 is 0 Å². The van der Waals surface area contributed by atoms with Crippen molar-refractivity contribution in [1.29, 1.82) is 0 Å². The molecule has 0 atom stereocenters. The largest absolute Gasteiger partial charge is 0.294 e. The van der Waals surface area contributed by atoms with Crippen LogP contribution in [0.3, 0.4) is 0 Å². The summed E-state index contributed by atoms with van der Waals surface area (Å²) in [6.07, 6.45) is 8.44. The number of carbonyl (C=O) groups excluding carboxylic acids is 1. The molecule has 19 heavy (non-hydrogen) atoms. The molecule has 1 aliphatic carbocycles. The highest BCUT2D eigenvalue weighted by atomic mass is 35.5. The summed E-state index contributed by atoms with van der Waals surface area (Å²) in [4.78, 5) is 12.2. The highest BCUT2D eigenvalue weighted by molar-refractivity contribution is 6.31. The molecule has 1 aromatic rings. The van der Waals surface area contributed by atoms with Crippen molar-refractivity contribution in [2.75, 3.05) is 0 Å². The van der Waals surface area contributed by atoms with Crippen LogP contribution < -0.4 is 0 Å². The third-order valence-electron chi connectivity index (χ3n) is 3.55. The molecule has 0 bridgehead atoms. The second-order valence-corrected chi connectivity index (χ2v) is 5.39. The van der Waals surface area contributed by atoms with Gasteiger partial charge in [0.1, 0.15) is 5.82 Å². The molecule has 0 heterocycles. The number of carbonyl (C=O) groups is 1. The highest BCUT2D eigenvalue weighted by Crippen LogP contribution is 2.23. The summed E-state index contributed by atoms with van der Waals surface area (Å²) >= 11 is 5.96. The first-order valence-corrected chi connectivity index (χ1v) is 7.21. The molecule has 0 fully saturated rings. The van der Waals surface area contributed by atoms with E-state index in [-0.39, 0.29) is 12.2 Å². The smallest absolute Gasteiger partial charge is 0.163 e. The molecule has 0 saturated carbocycles. The van der Waals surface area contributed by atoms with Crippen molar-refractivity contribution in [3.8, 4) is 0 Å². The van der Waals surface area contributed by atoms with Crippen LogP contribution in [0.1, 0.15) is 44.1 Å². The van der Waals surface area contributed by atoms with Crippen LogP contribution in [-0.2, 0) is 11.2 Å². The number of allylic oxidation sites excluding steroid dienone is 2. The van der Waals surface area contributed by atoms with Gasteiger partial charge in [-0.25, -0.2) is 4.39 Å². The zero-order valence-electron chi connectivity index (χ0n) is 10.9. The molecule has 0 radical (unpaired) electrons. The van der Waals surface area contributed by atoms with Gasteiger partial charge in [0.2, 0.25) is 0 Å². The fourth-order valence-corrected chi connectivity index (χ4v) is 2.65. The summed E-state index contributed by atoms with van der Waals surface area (Å²) in [6.45, 7) is 0. The summed E-state index contributed by atoms with van der Waals surface area (Å²) < 4.78 is 13.7. The Bertz CT molecular complexity index is 473. The molecule has 0 aliphatic heterocycles. The van der Waals surface area contributed by atoms with Gasteiger partial charge in [0.15, 0.2) is 5.78 Å². The van der Waals surface area contributed by atoms with Gasteiger partial charge in [0.05, 0.1) is 0 Å². The third-order valence-corrected chi connectivity index (χ3v) is 3.90. The number of halogens is 2. The number of hydrogen-bond donors (Lipinski definition) is 0. The fraction of sp³-hybridized carbons (Fsp3) is 0.438. The molecule has 102 valence electrons. The van der Waals surface area contributed by atoms with E-state index in [9.17, 15) is 9.18 Å². The average molecular weight is 281 g/mol. The van der Waals surface area contributed by atoms with Crippen molar-refractivity contribution in [3.63, 3.8) is 0 Å². The molecule has 1 aliphatic rings. The standard InChI is InChI=1S/C16H18ClFO/c17-14-9-6-10-15(18)13(14)11-16(19)12-7-4-2-1-3-5-8-12/h6-7,9-10H,1-5,8,11H2/b12-7+. The molecule has 2 rings (SSSR count). The topological polar surface area (TPSA) is 17.1 Å². The first kappa shape index (κ1) is 14.3. The van der Waals surface area contributed by atoms with E-state index in [1.165, 1.54) is 18.9 Å². The highest BCUT2D eigenvalue weighted by Gasteiger charge is 2.15. The molecule has 3 heteroatoms. The van der Waals surface area contributed by atoms with Crippen LogP contribution >= 0.6 is 11.6 Å². The predicted molar refractivity (Wildman–Crippen MR) is 75.9 cm³/mol. The Labute approximate surface area is 118 Å². The fourth-order valence-electron chi connectivity index (χ4n) is 2.42. The number of ketones is 1. The van der Waals surface area contributed by atoms with Gasteiger partial charge in [-0.1, -0.05) is 36.6 Å². The molecule has 0 unspecified atom stereocenters. The van der Waals surface area contributed by atoms with Gasteiger partial charge in [-0.3, -0.25) is 4.79 Å². The predicted octanol–water partition coefficient (Wildman–Crippen LogP) is 4.87. The van der Waals surface area contributed by atoms with Crippen LogP contribution in [0, 0.1) is 5.82 Å². The average Bonchev–Trinajstić information content (AvgIpc) is 2.33. The second-order valence-electron chi connectivity index (χ2n) is 4.98. The van der Waals surface area contributed by atoms with Crippen LogP contribution in [0.15, 0.2) is 29.8 Å². The number of benzene rings is 1. The lowest BCUT2D eigenvalue weighted by Crippen LogP contribution is -2.09. The molecule has 0 saturated heterocycles. The normalized spacial score (nSPS) is 19.2. The van der Waals surface area contributed by atoms with Gasteiger partial charge in [-0.05, 0) is 43.4 Å². The minimum atomic E-state index is -0.396. The molecule has 0 amide bonds. The zero-order valence-corrected chi connectivity index (χ0v) is 11.7. The summed E-state index contributed by atoms with van der Waals surface area (Å²) in [5.74, 6) is -0.388. The Morgan fingerprint density at radius 1 is 1.21 bits per heavy atom. The lowest BCUT2D eigenvalue weighted by molar-refractivity contribution is -0.115. The van der Waals surface area contributed by atoms with Crippen LogP contribution in [0.2, 0.25) is 5.02 Å². The Balaban J connectivity index is 2.11. The van der Waals surface area contributed by atoms with E-state index < -0.39 is 5.82 Å². The first-order chi connectivity index (χ1) is 9.18. The van der Waals surface area contributed by atoms with E-state index in [4.69, 9.17) is 11.6 Å². The number of rotatable bonds is 3. The second kappa shape index (κ2) is 6.85. The summed E-state index contributed by atoms with van der Waals surface area (Å²) in [6, 6.07) is 4.53. The lowest BCUT2D eigenvalue weighted by Gasteiger charge is -2.11. The van der Waals surface area contributed by atoms with Gasteiger partial charge in [-0.2, -0.15) is 0 Å². The van der Waals surface area contributed by atoms with Crippen molar-refractivity contribution in [2.45, 2.75) is 44.9 Å². The Morgan fingerprint density at radius 2 is 2.00 bits per heavy atom. The van der Waals surface area contributed by atoms with Gasteiger partial charge in [-0.15, -0.1) is 0 Å². The van der Waals surface area contributed by atoms with Crippen molar-refractivity contribution in [1.82, 2.24) is 0 Å². The first-order valence-electron chi connectivity index (χ1n) is 6.83. The van der Waals surface area contributed by atoms with Gasteiger partial charge < -0.3 is 0 Å². The molecule has 0 spiro atoms. The SMILES string of the molecule is O=C(Cc1c(F)cccc1Cl)/C1=C/CCCCCC1. The molecule has 0 aromatic heterocycles. The molecular formula is C16H18ClFO. The van der Waals surface area contributed by atoms with Crippen molar-refractivity contribution in [2.24, 2.45) is 0 Å². The lowest BCUT2D eigenvalue weighted by atomic mass is 9.94. The number of Topliss-reactive ketones (excluding diaryl/α,β-unsaturated/α-hetero) is 1. The van der Waals surface area contributed by atoms with Crippen LogP contribution in [0.5, 0.6) is 0 Å². The number of hydrogen-bond acceptors (Lipinski definition) is 1. The van der Waals surface area contributed by atoms with Crippen LogP contribution in [0.25, 0.3) is 0 Å². The van der Waals surface area contributed by atoms with Gasteiger partial charge in [0, 0.05) is 17.0 Å². The van der Waals surface area contributed by atoms with E-state index in [1.54, 1.807) is 12.1 Å². The summed E-state index contributed by atoms with van der Waals surface area (Å²) in [5, 5.41) is 0.333. The quantitative estimate of drug-likeness (QED) is 0.772. The van der Waals surface area contributed by atoms with Gasteiger partial charge >= 0.3 is 0 Å². The van der Waals surface area contributed by atoms with Crippen LogP contribution in [0.4, 0.5) is 4.39 Å². The minimum absolute atomic E-state index is 0.00824. The monoisotopic (exact) mass is 280 g/mol. The van der Waals surface area contributed by atoms with Crippen LogP contribution in [-0.4, -0.2) is 5.78 Å². The van der Waals surface area contributed by atoms with E-state index in [0.717, 1.165) is 31.3 Å². The Hall–Kier alpha value is -1.15. The van der Waals surface area contributed by atoms with E-state index in [2.05, 4.69) is 0 Å². The maximum Gasteiger partial charge on any atom is 0.163 e. The Morgan fingerprint density at radius 3 is 2.79 bits per heavy atom. The third kappa shape index (κ3) is 3.90.